The Kier molecular flexibility index (Phi) is 27.1. The summed E-state index contributed by atoms with van der Waals surface area (Å²) >= 11 is 1.37. The van der Waals surface area contributed by atoms with E-state index >= 15 is 0 Å². The summed E-state index contributed by atoms with van der Waals surface area (Å²) in [7, 11) is -1.67. The maximum atomic E-state index is 14.3. The number of thiazole rings is 1. The summed E-state index contributed by atoms with van der Waals surface area (Å²) in [6.45, 7) is 12.0. The molecule has 5 aliphatic rings. The molecule has 110 heavy (non-hydrogen) atoms. The minimum absolute atomic E-state index is 0.0499. The number of carbonyl (C=O) groups is 8. The van der Waals surface area contributed by atoms with Crippen LogP contribution in [-0.2, 0) is 72.6 Å². The minimum atomic E-state index is -4.76. The number of amides is 6. The van der Waals surface area contributed by atoms with Crippen LogP contribution in [0.1, 0.15) is 155 Å². The molecule has 7 atom stereocenters. The van der Waals surface area contributed by atoms with Gasteiger partial charge in [0, 0.05) is 130 Å². The molecule has 2 aromatic heterocycles. The topological polar surface area (TPSA) is 424 Å². The van der Waals surface area contributed by atoms with Crippen molar-refractivity contribution in [3.63, 3.8) is 0 Å². The lowest BCUT2D eigenvalue weighted by atomic mass is 9.48. The molecule has 3 unspecified atom stereocenters. The number of aliphatic hydroxyl groups is 1. The first-order valence-electron chi connectivity index (χ1n) is 36.7. The Morgan fingerprint density at radius 3 is 2.32 bits per heavy atom. The maximum absolute atomic E-state index is 14.3. The van der Waals surface area contributed by atoms with E-state index in [4.69, 9.17) is 43.6 Å². The highest BCUT2D eigenvalue weighted by atomic mass is 32.2. The number of imide groups is 1. The zero-order chi connectivity index (χ0) is 79.3. The van der Waals surface area contributed by atoms with E-state index in [1.807, 2.05) is 36.1 Å². The molecule has 6 amide bonds. The summed E-state index contributed by atoms with van der Waals surface area (Å²) in [5, 5.41) is 51.6. The van der Waals surface area contributed by atoms with Crippen molar-refractivity contribution >= 4 is 102 Å². The molecule has 2 saturated carbocycles. The zero-order valence-electron chi connectivity index (χ0n) is 62.9. The normalized spacial score (nSPS) is 21.9. The monoisotopic (exact) mass is 1560 g/mol. The number of aliphatic hydroxyl groups excluding tert-OH is 1. The lowest BCUT2D eigenvalue weighted by Gasteiger charge is -2.61. The molecule has 1 saturated heterocycles. The van der Waals surface area contributed by atoms with E-state index in [0.29, 0.717) is 77.9 Å². The van der Waals surface area contributed by atoms with Crippen LogP contribution in [0.4, 0.5) is 15.7 Å². The van der Waals surface area contributed by atoms with Crippen molar-refractivity contribution in [3.8, 4) is 17.2 Å². The van der Waals surface area contributed by atoms with Gasteiger partial charge in [-0.3, -0.25) is 38.7 Å². The van der Waals surface area contributed by atoms with Crippen LogP contribution in [0, 0.1) is 21.7 Å². The number of nitrogens with one attached hydrogen (secondary N) is 5. The van der Waals surface area contributed by atoms with Gasteiger partial charge in [0.15, 0.2) is 16.9 Å². The molecule has 3 fully saturated rings. The largest absolute Gasteiger partial charge is 0.496 e. The zero-order valence-corrected chi connectivity index (χ0v) is 64.5. The van der Waals surface area contributed by atoms with Crippen molar-refractivity contribution in [2.45, 2.75) is 161 Å². The molecular weight excluding hydrogens is 1470 g/mol. The third-order valence-electron chi connectivity index (χ3n) is 20.3. The molecule has 10 rings (SSSR count). The van der Waals surface area contributed by atoms with Gasteiger partial charge in [0.1, 0.15) is 41.5 Å². The van der Waals surface area contributed by atoms with Crippen molar-refractivity contribution < 1.29 is 99.8 Å². The van der Waals surface area contributed by atoms with Crippen molar-refractivity contribution in [1.82, 2.24) is 35.7 Å². The lowest BCUT2D eigenvalue weighted by Crippen LogP contribution is -2.58. The summed E-state index contributed by atoms with van der Waals surface area (Å²) in [6.07, 6.45) is 4.42. The molecule has 3 aromatic carbocycles. The van der Waals surface area contributed by atoms with Gasteiger partial charge in [-0.1, -0.05) is 57.6 Å². The highest BCUT2D eigenvalue weighted by molar-refractivity contribution is 7.85. The Hall–Kier alpha value is -9.64. The third kappa shape index (κ3) is 21.7. The number of methoxy groups -OCH3 is 2. The second kappa shape index (κ2) is 36.0. The van der Waals surface area contributed by atoms with Crippen LogP contribution in [0.5, 0.6) is 17.2 Å². The van der Waals surface area contributed by atoms with E-state index in [-0.39, 0.29) is 136 Å². The Morgan fingerprint density at radius 1 is 0.845 bits per heavy atom. The number of unbranched alkanes of at least 4 members (excludes halogenated alkanes) is 2. The fourth-order valence-electron chi connectivity index (χ4n) is 16.4. The number of nitrogens with zero attached hydrogens (tertiary/aromatic N) is 5. The molecule has 5 aromatic rings. The van der Waals surface area contributed by atoms with Crippen LogP contribution in [0.3, 0.4) is 0 Å². The highest BCUT2D eigenvalue weighted by Crippen LogP contribution is 2.63. The van der Waals surface area contributed by atoms with Gasteiger partial charge in [-0.25, -0.2) is 24.4 Å². The molecule has 0 spiro atoms. The molecule has 0 radical (unpaired) electrons. The van der Waals surface area contributed by atoms with E-state index < -0.39 is 87.7 Å². The predicted octanol–water partition coefficient (Wildman–Crippen LogP) is 8.31. The fourth-order valence-corrected chi connectivity index (χ4v) is 17.9. The van der Waals surface area contributed by atoms with Crippen LogP contribution < -0.4 is 40.4 Å². The van der Waals surface area contributed by atoms with E-state index in [9.17, 15) is 66.6 Å². The maximum Gasteiger partial charge on any atom is 0.410 e. The van der Waals surface area contributed by atoms with Crippen molar-refractivity contribution in [2.24, 2.45) is 16.2 Å². The van der Waals surface area contributed by atoms with Gasteiger partial charge >= 0.3 is 18.0 Å². The molecule has 33 heteroatoms. The standard InChI is InChI=1S/C77H98N10O21S2/c1-47(54(37-78)52-20-22-62(83-67(52)71(96)97)86-28-25-51-55(38-86)53(19-21-58(51)103-7)68(92)84-72-82-56-14-10-11-15-61(56)109-72)80-46-76(5)43-75(4)41-74(2,3)42-77(44-75,45-76)106-33-30-85(29-32-102-6)73(98)105-39-48-17-18-50(107-66-35-49(88)34-60(108-66)70(94)95)36-59(48)104-31-13-26-79-69(93)57(40-110(99,100)101)81-63(89)16-9-8-12-27-87-64(90)23-24-65(87)91/h10-11,14-15,17-24,36-37,49,57,60,66,78,80,88H,8-9,12-13,16,25-35,38-46H2,1-7H3,(H,79,93)(H,81,89)(H,94,95)(H,96,97)(H,82,84,92)(H,99,100,101)/b54-47+,78-37?/t49-,57-,60-,66+,75?,76?,77?/m0/s1. The number of aromatic carboxylic acids is 1. The number of hydrogen-bond acceptors (Lipinski definition) is 24. The number of carboxylic acids is 2. The first kappa shape index (κ1) is 82.8. The Morgan fingerprint density at radius 2 is 1.60 bits per heavy atom. The Bertz CT molecular complexity index is 4400. The highest BCUT2D eigenvalue weighted by Gasteiger charge is 2.58. The second-order valence-electron chi connectivity index (χ2n) is 30.3. The number of carboxylic acid groups (broad SMARTS) is 2. The number of rotatable bonds is 37. The van der Waals surface area contributed by atoms with E-state index in [1.54, 1.807) is 37.4 Å². The van der Waals surface area contributed by atoms with Gasteiger partial charge in [0.25, 0.3) is 27.8 Å². The van der Waals surface area contributed by atoms with Gasteiger partial charge in [-0.15, -0.1) is 0 Å². The smallest absolute Gasteiger partial charge is 0.410 e. The molecule has 9 N–H and O–H groups in total. The van der Waals surface area contributed by atoms with Crippen LogP contribution >= 0.6 is 11.3 Å². The summed E-state index contributed by atoms with van der Waals surface area (Å²) in [5.74, 6) is -5.18. The van der Waals surface area contributed by atoms with Crippen molar-refractivity contribution in [2.75, 3.05) is 89.3 Å². The number of carbonyl (C=O) groups excluding carboxylic acids is 6. The molecule has 2 bridgehead atoms. The minimum Gasteiger partial charge on any atom is -0.496 e. The molecular formula is C77H98N10O21S2. The number of pyridine rings is 1. The number of aliphatic carboxylic acids is 1. The molecule has 2 aliphatic carbocycles. The molecule has 3 aliphatic heterocycles. The average Bonchev–Trinajstić information content (AvgIpc) is 0.765. The SMILES string of the molecule is COCCN(CCOC12CC(C)(C)CC(C)(CC(C)(CN/C(C)=C(\C=N)c3ccc(N4CCc5c(OC)ccc(C(=O)Nc6nc7ccccc7s6)c5C4)nc3C(=O)O)C1)C2)C(=O)OCc1ccc(O[C@H]2C[C@@H](O)C[C@@H](C(=O)O)O2)cc1OCCCNC(=O)[C@H](CS(=O)(=O)O)NC(=O)CCCCCN1C(=O)C=CC1=O. The molecule has 594 valence electrons. The fraction of sp³-hybridized carbons (Fsp3) is 0.519. The number of fused-ring (bicyclic) bond motifs is 4. The molecule has 31 nitrogen and oxygen atoms in total. The number of allylic oxidation sites excluding steroid dienone is 2. The number of hydrogen-bond donors (Lipinski definition) is 9. The average molecular weight is 1560 g/mol. The van der Waals surface area contributed by atoms with Crippen molar-refractivity contribution in [3.05, 3.63) is 118 Å². The van der Waals surface area contributed by atoms with Crippen LogP contribution in [0.15, 0.2) is 84.6 Å². The summed E-state index contributed by atoms with van der Waals surface area (Å²) in [5.41, 5.74) is 2.73. The quantitative estimate of drug-likeness (QED) is 0.00780. The number of aromatic nitrogens is 2. The Balaban J connectivity index is 0.774. The van der Waals surface area contributed by atoms with Crippen LogP contribution in [0.2, 0.25) is 0 Å². The number of anilines is 2. The van der Waals surface area contributed by atoms with Crippen LogP contribution in [0.25, 0.3) is 15.8 Å². The van der Waals surface area contributed by atoms with E-state index in [1.165, 1.54) is 47.6 Å². The second-order valence-corrected chi connectivity index (χ2v) is 32.8. The van der Waals surface area contributed by atoms with Crippen molar-refractivity contribution in [1.29, 1.82) is 5.41 Å². The van der Waals surface area contributed by atoms with Gasteiger partial charge in [0.05, 0.1) is 48.9 Å². The Labute approximate surface area is 642 Å². The first-order valence-corrected chi connectivity index (χ1v) is 39.1. The number of ether oxygens (including phenoxy) is 7. The van der Waals surface area contributed by atoms with Gasteiger partial charge in [-0.2, -0.15) is 8.42 Å². The third-order valence-corrected chi connectivity index (χ3v) is 22.0. The van der Waals surface area contributed by atoms with Crippen LogP contribution in [-0.4, -0.2) is 211 Å². The van der Waals surface area contributed by atoms with Gasteiger partial charge < -0.3 is 79.6 Å². The summed E-state index contributed by atoms with van der Waals surface area (Å²) < 4.78 is 76.6. The predicted molar refractivity (Wildman–Crippen MR) is 406 cm³/mol. The summed E-state index contributed by atoms with van der Waals surface area (Å²) in [6, 6.07) is 17.4. The molecule has 5 heterocycles. The lowest BCUT2D eigenvalue weighted by molar-refractivity contribution is -0.195. The van der Waals surface area contributed by atoms with Gasteiger partial charge in [0.2, 0.25) is 18.1 Å². The number of para-hydroxylation sites is 1. The van der Waals surface area contributed by atoms with E-state index in [0.717, 1.165) is 58.1 Å². The summed E-state index contributed by atoms with van der Waals surface area (Å²) in [4.78, 5) is 117. The number of benzene rings is 3. The van der Waals surface area contributed by atoms with Gasteiger partial charge in [-0.05, 0) is 135 Å². The van der Waals surface area contributed by atoms with E-state index in [2.05, 4.69) is 53.9 Å². The first-order chi connectivity index (χ1) is 52.3.